The van der Waals surface area contributed by atoms with Crippen LogP contribution in [0.5, 0.6) is 0 Å². The smallest absolute Gasteiger partial charge is 0.465 e. The summed E-state index contributed by atoms with van der Waals surface area (Å²) in [5.74, 6) is -2.70. The van der Waals surface area contributed by atoms with E-state index in [4.69, 9.17) is 5.11 Å². The third-order valence-electron chi connectivity index (χ3n) is 2.32. The molecule has 0 radical (unpaired) electrons. The van der Waals surface area contributed by atoms with Crippen LogP contribution < -0.4 is 16.0 Å². The van der Waals surface area contributed by atoms with Crippen LogP contribution in [0.4, 0.5) is 23.7 Å². The predicted molar refractivity (Wildman–Crippen MR) is 69.0 cm³/mol. The van der Waals surface area contributed by atoms with E-state index in [2.05, 4.69) is 5.32 Å². The number of hydrogen-bond acceptors (Lipinski definition) is 3. The third-order valence-corrected chi connectivity index (χ3v) is 2.32. The Labute approximate surface area is 122 Å². The normalized spacial score (nSPS) is 10.7. The summed E-state index contributed by atoms with van der Waals surface area (Å²) in [7, 11) is 0. The van der Waals surface area contributed by atoms with Crippen molar-refractivity contribution in [2.75, 3.05) is 11.9 Å². The summed E-state index contributed by atoms with van der Waals surface area (Å²) >= 11 is 0. The summed E-state index contributed by atoms with van der Waals surface area (Å²) < 4.78 is 36.1. The van der Waals surface area contributed by atoms with Gasteiger partial charge in [0.2, 0.25) is 5.91 Å². The third kappa shape index (κ3) is 6.11. The number of halogens is 3. The predicted octanol–water partition coefficient (Wildman–Crippen LogP) is 1.07. The van der Waals surface area contributed by atoms with Gasteiger partial charge in [-0.25, -0.2) is 4.79 Å². The molecule has 0 aliphatic heterocycles. The number of carboxylic acid groups (broad SMARTS) is 1. The van der Waals surface area contributed by atoms with E-state index in [1.54, 1.807) is 5.32 Å². The summed E-state index contributed by atoms with van der Waals surface area (Å²) in [4.78, 5) is 32.3. The van der Waals surface area contributed by atoms with Crippen LogP contribution >= 0.6 is 0 Å². The molecular weight excluding hydrogens is 307 g/mol. The van der Waals surface area contributed by atoms with Gasteiger partial charge in [0.25, 0.3) is 0 Å². The van der Waals surface area contributed by atoms with Crippen molar-refractivity contribution in [3.8, 4) is 0 Å². The zero-order chi connectivity index (χ0) is 16.8. The van der Waals surface area contributed by atoms with Gasteiger partial charge in [0.1, 0.15) is 6.54 Å². The molecule has 0 saturated heterocycles. The van der Waals surface area contributed by atoms with Crippen LogP contribution in [-0.4, -0.2) is 35.7 Å². The zero-order valence-corrected chi connectivity index (χ0v) is 11.0. The van der Waals surface area contributed by atoms with Crippen molar-refractivity contribution < 1.29 is 32.7 Å². The lowest BCUT2D eigenvalue weighted by Crippen LogP contribution is -2.36. The van der Waals surface area contributed by atoms with Crippen LogP contribution in [0.3, 0.4) is 0 Å². The molecule has 120 valence electrons. The van der Waals surface area contributed by atoms with E-state index in [1.165, 1.54) is 24.3 Å². The van der Waals surface area contributed by atoms with E-state index in [9.17, 15) is 27.6 Å². The zero-order valence-electron chi connectivity index (χ0n) is 11.0. The fourth-order valence-electron chi connectivity index (χ4n) is 1.40. The summed E-state index contributed by atoms with van der Waals surface area (Å²) in [6.07, 6.45) is -6.33. The fraction of sp³-hybridized carbons (Fsp3) is 0.250. The Hall–Kier alpha value is -2.78. The van der Waals surface area contributed by atoms with Gasteiger partial charge in [0, 0.05) is 12.2 Å². The molecule has 0 aliphatic rings. The second-order valence-electron chi connectivity index (χ2n) is 4.09. The van der Waals surface area contributed by atoms with Crippen LogP contribution in [0.25, 0.3) is 0 Å². The molecule has 1 rings (SSSR count). The van der Waals surface area contributed by atoms with Crippen molar-refractivity contribution in [3.05, 3.63) is 29.8 Å². The topological polar surface area (TPSA) is 108 Å². The summed E-state index contributed by atoms with van der Waals surface area (Å²) in [6.45, 7) is -0.834. The summed E-state index contributed by atoms with van der Waals surface area (Å²) in [6, 6.07) is 5.75. The Bertz CT molecular complexity index is 575. The number of hydrogen-bond donors (Lipinski definition) is 4. The van der Waals surface area contributed by atoms with Crippen molar-refractivity contribution in [2.24, 2.45) is 0 Å². The Morgan fingerprint density at radius 2 is 1.82 bits per heavy atom. The molecule has 10 heteroatoms. The quantitative estimate of drug-likeness (QED) is 0.651. The van der Waals surface area contributed by atoms with Gasteiger partial charge in [-0.1, -0.05) is 12.1 Å². The maximum Gasteiger partial charge on any atom is 0.471 e. The maximum atomic E-state index is 12.0. The molecule has 0 saturated carbocycles. The second kappa shape index (κ2) is 7.29. The van der Waals surface area contributed by atoms with Crippen molar-refractivity contribution >= 4 is 23.6 Å². The van der Waals surface area contributed by atoms with Crippen molar-refractivity contribution in [1.82, 2.24) is 10.6 Å². The van der Waals surface area contributed by atoms with Crippen LogP contribution in [0.15, 0.2) is 24.3 Å². The van der Waals surface area contributed by atoms with Gasteiger partial charge in [-0.05, 0) is 17.7 Å². The molecule has 0 aliphatic carbocycles. The first-order valence-electron chi connectivity index (χ1n) is 5.89. The molecule has 0 spiro atoms. The number of carbonyl (C=O) groups is 3. The average Bonchev–Trinajstić information content (AvgIpc) is 2.42. The standard InChI is InChI=1S/C12H12F3N3O4/c13-12(14,15)10(20)16-5-7-2-1-3-8(4-7)18-9(19)6-17-11(21)22/h1-4,17H,5-6H2,(H,16,20)(H,18,19)(H,21,22). The molecule has 22 heavy (non-hydrogen) atoms. The first kappa shape index (κ1) is 17.3. The highest BCUT2D eigenvalue weighted by Crippen LogP contribution is 2.15. The summed E-state index contributed by atoms with van der Waals surface area (Å²) in [5, 5.41) is 14.2. The lowest BCUT2D eigenvalue weighted by molar-refractivity contribution is -0.173. The van der Waals surface area contributed by atoms with E-state index in [-0.39, 0.29) is 12.2 Å². The Kier molecular flexibility index (Phi) is 5.72. The molecule has 0 atom stereocenters. The van der Waals surface area contributed by atoms with Gasteiger partial charge in [-0.15, -0.1) is 0 Å². The molecule has 1 aromatic rings. The molecule has 7 nitrogen and oxygen atoms in total. The fourth-order valence-corrected chi connectivity index (χ4v) is 1.40. The Balaban J connectivity index is 2.57. The molecule has 0 unspecified atom stereocenters. The van der Waals surface area contributed by atoms with Gasteiger partial charge < -0.3 is 21.1 Å². The largest absolute Gasteiger partial charge is 0.471 e. The van der Waals surface area contributed by atoms with Gasteiger partial charge in [0.05, 0.1) is 0 Å². The van der Waals surface area contributed by atoms with Gasteiger partial charge in [-0.3, -0.25) is 9.59 Å². The molecule has 0 bridgehead atoms. The highest BCUT2D eigenvalue weighted by atomic mass is 19.4. The number of anilines is 1. The lowest BCUT2D eigenvalue weighted by atomic mass is 10.2. The van der Waals surface area contributed by atoms with Crippen LogP contribution in [0.1, 0.15) is 5.56 Å². The molecule has 1 aromatic carbocycles. The van der Waals surface area contributed by atoms with Crippen molar-refractivity contribution in [1.29, 1.82) is 0 Å². The van der Waals surface area contributed by atoms with Crippen molar-refractivity contribution in [2.45, 2.75) is 12.7 Å². The molecule has 0 heterocycles. The second-order valence-corrected chi connectivity index (χ2v) is 4.09. The molecular formula is C12H12F3N3O4. The minimum absolute atomic E-state index is 0.260. The van der Waals surface area contributed by atoms with E-state index in [1.807, 2.05) is 5.32 Å². The molecule has 4 N–H and O–H groups in total. The SMILES string of the molecule is O=C(O)NCC(=O)Nc1cccc(CNC(=O)C(F)(F)F)c1. The minimum Gasteiger partial charge on any atom is -0.465 e. The first-order chi connectivity index (χ1) is 10.2. The molecule has 3 amide bonds. The Morgan fingerprint density at radius 3 is 2.41 bits per heavy atom. The van der Waals surface area contributed by atoms with Crippen LogP contribution in [0, 0.1) is 0 Å². The molecule has 0 aromatic heterocycles. The molecule has 0 fully saturated rings. The van der Waals surface area contributed by atoms with Gasteiger partial charge >= 0.3 is 18.2 Å². The number of nitrogens with one attached hydrogen (secondary N) is 3. The first-order valence-corrected chi connectivity index (χ1v) is 5.89. The lowest BCUT2D eigenvalue weighted by Gasteiger charge is -2.10. The maximum absolute atomic E-state index is 12.0. The Morgan fingerprint density at radius 1 is 1.14 bits per heavy atom. The van der Waals surface area contributed by atoms with Crippen molar-refractivity contribution in [3.63, 3.8) is 0 Å². The minimum atomic E-state index is -4.96. The monoisotopic (exact) mass is 319 g/mol. The van der Waals surface area contributed by atoms with E-state index >= 15 is 0 Å². The van der Waals surface area contributed by atoms with Gasteiger partial charge in [-0.2, -0.15) is 13.2 Å². The number of rotatable bonds is 5. The van der Waals surface area contributed by atoms with E-state index in [0.29, 0.717) is 5.56 Å². The average molecular weight is 319 g/mol. The highest BCUT2D eigenvalue weighted by Gasteiger charge is 2.38. The number of benzene rings is 1. The number of carbonyl (C=O) groups excluding carboxylic acids is 2. The number of alkyl halides is 3. The van der Waals surface area contributed by atoms with Crippen LogP contribution in [0.2, 0.25) is 0 Å². The highest BCUT2D eigenvalue weighted by molar-refractivity contribution is 5.93. The number of amides is 3. The van der Waals surface area contributed by atoms with Gasteiger partial charge in [0.15, 0.2) is 0 Å². The van der Waals surface area contributed by atoms with E-state index < -0.39 is 30.6 Å². The van der Waals surface area contributed by atoms with Crippen LogP contribution in [-0.2, 0) is 16.1 Å². The van der Waals surface area contributed by atoms with E-state index in [0.717, 1.165) is 0 Å². The summed E-state index contributed by atoms with van der Waals surface area (Å²) in [5.41, 5.74) is 0.595.